The summed E-state index contributed by atoms with van der Waals surface area (Å²) in [6.45, 7) is 20.2. The fourth-order valence-electron chi connectivity index (χ4n) is 5.42. The van der Waals surface area contributed by atoms with Gasteiger partial charge in [-0.15, -0.1) is 0 Å². The SMILES string of the molecule is CC[C@H](C)[C@@H](C)[C@H]1O[C@H]1CC(C)(C)/C=C/C=C(\C)[C@H]1OC(=O)C[C@H](C)CC[C@@](C)(O)[C@@H](OC(C)=O)/C=C/[C@@H]1C. The summed E-state index contributed by atoms with van der Waals surface area (Å²) in [4.78, 5) is 24.6. The van der Waals surface area contributed by atoms with Crippen molar-refractivity contribution in [2.45, 2.75) is 131 Å². The van der Waals surface area contributed by atoms with Crippen molar-refractivity contribution in [2.75, 3.05) is 0 Å². The molecule has 0 unspecified atom stereocenters. The molecule has 0 amide bonds. The molecule has 0 aliphatic carbocycles. The van der Waals surface area contributed by atoms with Crippen molar-refractivity contribution in [2.24, 2.45) is 29.1 Å². The molecule has 39 heavy (non-hydrogen) atoms. The average molecular weight is 547 g/mol. The van der Waals surface area contributed by atoms with E-state index in [9.17, 15) is 14.7 Å². The van der Waals surface area contributed by atoms with Crippen molar-refractivity contribution in [1.29, 1.82) is 0 Å². The first kappa shape index (κ1) is 33.3. The second kappa shape index (κ2) is 14.1. The Morgan fingerprint density at radius 1 is 1.26 bits per heavy atom. The average Bonchev–Trinajstić information content (AvgIpc) is 3.59. The molecular weight excluding hydrogens is 492 g/mol. The lowest BCUT2D eigenvalue weighted by Crippen LogP contribution is -2.41. The van der Waals surface area contributed by atoms with Crippen LogP contribution in [-0.4, -0.2) is 47.1 Å². The molecule has 2 heterocycles. The number of epoxide rings is 1. The molecule has 0 radical (unpaired) electrons. The van der Waals surface area contributed by atoms with Crippen LogP contribution in [-0.2, 0) is 23.8 Å². The monoisotopic (exact) mass is 546 g/mol. The van der Waals surface area contributed by atoms with Gasteiger partial charge in [0.05, 0.1) is 12.2 Å². The summed E-state index contributed by atoms with van der Waals surface area (Å²) < 4.78 is 17.5. The van der Waals surface area contributed by atoms with E-state index in [2.05, 4.69) is 46.8 Å². The van der Waals surface area contributed by atoms with E-state index in [4.69, 9.17) is 14.2 Å². The molecule has 0 bridgehead atoms. The minimum absolute atomic E-state index is 0.0294. The highest BCUT2D eigenvalue weighted by Gasteiger charge is 2.46. The summed E-state index contributed by atoms with van der Waals surface area (Å²) in [5.41, 5.74) is -0.331. The van der Waals surface area contributed by atoms with E-state index in [1.165, 1.54) is 13.3 Å². The predicted octanol–water partition coefficient (Wildman–Crippen LogP) is 6.96. The van der Waals surface area contributed by atoms with Crippen molar-refractivity contribution in [3.8, 4) is 0 Å². The first-order valence-corrected chi connectivity index (χ1v) is 14.8. The molecule has 1 saturated heterocycles. The van der Waals surface area contributed by atoms with E-state index < -0.39 is 23.8 Å². The Bertz CT molecular complexity index is 913. The van der Waals surface area contributed by atoms with Gasteiger partial charge in [0.2, 0.25) is 0 Å². The van der Waals surface area contributed by atoms with Crippen molar-refractivity contribution < 1.29 is 28.9 Å². The van der Waals surface area contributed by atoms with Gasteiger partial charge in [-0.3, -0.25) is 9.59 Å². The molecule has 0 aromatic heterocycles. The summed E-state index contributed by atoms with van der Waals surface area (Å²) >= 11 is 0. The van der Waals surface area contributed by atoms with Crippen LogP contribution in [0.15, 0.2) is 36.0 Å². The van der Waals surface area contributed by atoms with Gasteiger partial charge in [-0.2, -0.15) is 0 Å². The number of aliphatic hydroxyl groups is 1. The highest BCUT2D eigenvalue weighted by Crippen LogP contribution is 2.41. The number of carbonyl (C=O) groups is 2. The molecular formula is C33H54O6. The van der Waals surface area contributed by atoms with E-state index in [0.717, 1.165) is 12.0 Å². The van der Waals surface area contributed by atoms with Crippen molar-refractivity contribution >= 4 is 11.9 Å². The van der Waals surface area contributed by atoms with Crippen LogP contribution in [0, 0.1) is 29.1 Å². The molecule has 1 N–H and O–H groups in total. The number of esters is 2. The fraction of sp³-hybridized carbons (Fsp3) is 0.758. The molecule has 2 aliphatic heterocycles. The van der Waals surface area contributed by atoms with Crippen molar-refractivity contribution in [3.63, 3.8) is 0 Å². The van der Waals surface area contributed by atoms with E-state index in [1.54, 1.807) is 13.0 Å². The number of hydrogen-bond donors (Lipinski definition) is 1. The summed E-state index contributed by atoms with van der Waals surface area (Å²) in [5, 5.41) is 11.1. The molecule has 0 spiro atoms. The zero-order chi connectivity index (χ0) is 29.5. The second-order valence-corrected chi connectivity index (χ2v) is 13.2. The molecule has 6 nitrogen and oxygen atoms in total. The maximum Gasteiger partial charge on any atom is 0.306 e. The zero-order valence-corrected chi connectivity index (χ0v) is 26.0. The summed E-state index contributed by atoms with van der Waals surface area (Å²) in [7, 11) is 0. The minimum atomic E-state index is -1.23. The van der Waals surface area contributed by atoms with Gasteiger partial charge < -0.3 is 19.3 Å². The molecule has 0 aromatic rings. The molecule has 6 heteroatoms. The van der Waals surface area contributed by atoms with Crippen LogP contribution in [0.4, 0.5) is 0 Å². The lowest BCUT2D eigenvalue weighted by Gasteiger charge is -2.32. The first-order valence-electron chi connectivity index (χ1n) is 14.8. The van der Waals surface area contributed by atoms with E-state index >= 15 is 0 Å². The number of rotatable bonds is 9. The van der Waals surface area contributed by atoms with Gasteiger partial charge in [0.25, 0.3) is 0 Å². The number of ether oxygens (including phenoxy) is 3. The van der Waals surface area contributed by atoms with E-state index in [1.807, 2.05) is 32.9 Å². The normalized spacial score (nSPS) is 35.4. The smallest absolute Gasteiger partial charge is 0.306 e. The largest absolute Gasteiger partial charge is 0.457 e. The highest BCUT2D eigenvalue weighted by atomic mass is 16.6. The Labute approximate surface area is 237 Å². The fourth-order valence-corrected chi connectivity index (χ4v) is 5.42. The lowest BCUT2D eigenvalue weighted by atomic mass is 9.83. The Kier molecular flexibility index (Phi) is 12.0. The van der Waals surface area contributed by atoms with Gasteiger partial charge in [0, 0.05) is 19.3 Å². The molecule has 0 saturated carbocycles. The predicted molar refractivity (Wildman–Crippen MR) is 156 cm³/mol. The standard InChI is InChI=1S/C33H54O6/c1-11-22(3)25(6)31-27(38-31)20-32(8,9)17-12-13-23(4)30-24(5)14-15-28(37-26(7)34)33(10,36)18-16-21(2)19-29(35)39-30/h12-15,17,21-22,24-25,27-28,30-31,36H,11,16,18-20H2,1-10H3/b15-14+,17-12+,23-13+/t21-,22+,24+,25-,27+,28+,30-,31-,33-/m1/s1. The maximum atomic E-state index is 12.8. The van der Waals surface area contributed by atoms with Crippen LogP contribution >= 0.6 is 0 Å². The zero-order valence-electron chi connectivity index (χ0n) is 26.0. The Morgan fingerprint density at radius 3 is 2.54 bits per heavy atom. The molecule has 2 aliphatic rings. The van der Waals surface area contributed by atoms with E-state index in [0.29, 0.717) is 36.9 Å². The van der Waals surface area contributed by atoms with Crippen molar-refractivity contribution in [3.05, 3.63) is 36.0 Å². The topological polar surface area (TPSA) is 85.4 Å². The second-order valence-electron chi connectivity index (χ2n) is 13.2. The van der Waals surface area contributed by atoms with Crippen LogP contribution < -0.4 is 0 Å². The Hall–Kier alpha value is -1.92. The van der Waals surface area contributed by atoms with Crippen LogP contribution in [0.3, 0.4) is 0 Å². The van der Waals surface area contributed by atoms with Gasteiger partial charge >= 0.3 is 11.9 Å². The minimum Gasteiger partial charge on any atom is -0.457 e. The molecule has 222 valence electrons. The van der Waals surface area contributed by atoms with Gasteiger partial charge in [-0.1, -0.05) is 79.2 Å². The molecule has 2 rings (SSSR count). The Morgan fingerprint density at radius 2 is 1.92 bits per heavy atom. The summed E-state index contributed by atoms with van der Waals surface area (Å²) in [6, 6.07) is 0. The maximum absolute atomic E-state index is 12.8. The number of allylic oxidation sites excluding steroid dienone is 3. The van der Waals surface area contributed by atoms with Gasteiger partial charge in [-0.05, 0) is 67.9 Å². The van der Waals surface area contributed by atoms with Crippen LogP contribution in [0.5, 0.6) is 0 Å². The van der Waals surface area contributed by atoms with Crippen LogP contribution in [0.1, 0.15) is 101 Å². The quantitative estimate of drug-likeness (QED) is 0.146. The van der Waals surface area contributed by atoms with E-state index in [-0.39, 0.29) is 29.6 Å². The summed E-state index contributed by atoms with van der Waals surface area (Å²) in [6.07, 6.45) is 12.7. The third kappa shape index (κ3) is 10.5. The number of hydrogen-bond acceptors (Lipinski definition) is 6. The van der Waals surface area contributed by atoms with Crippen LogP contribution in [0.25, 0.3) is 0 Å². The first-order chi connectivity index (χ1) is 18.1. The van der Waals surface area contributed by atoms with Gasteiger partial charge in [-0.25, -0.2) is 0 Å². The third-order valence-corrected chi connectivity index (χ3v) is 8.65. The lowest BCUT2D eigenvalue weighted by molar-refractivity contribution is -0.156. The molecule has 0 aromatic carbocycles. The van der Waals surface area contributed by atoms with Crippen molar-refractivity contribution in [1.82, 2.24) is 0 Å². The molecule has 9 atom stereocenters. The van der Waals surface area contributed by atoms with Gasteiger partial charge in [0.15, 0.2) is 0 Å². The number of cyclic esters (lactones) is 1. The van der Waals surface area contributed by atoms with Crippen LogP contribution in [0.2, 0.25) is 0 Å². The third-order valence-electron chi connectivity index (χ3n) is 8.65. The molecule has 1 fully saturated rings. The highest BCUT2D eigenvalue weighted by molar-refractivity contribution is 5.70. The van der Waals surface area contributed by atoms with Gasteiger partial charge in [0.1, 0.15) is 17.8 Å². The summed E-state index contributed by atoms with van der Waals surface area (Å²) in [5.74, 6) is 0.391. The number of carbonyl (C=O) groups excluding carboxylic acids is 2. The Balaban J connectivity index is 2.18.